The first-order valence-corrected chi connectivity index (χ1v) is 9.80. The molecule has 0 bridgehead atoms. The largest absolute Gasteiger partial charge is 0.466 e. The summed E-state index contributed by atoms with van der Waals surface area (Å²) in [5.74, 6) is 4.23. The van der Waals surface area contributed by atoms with E-state index < -0.39 is 0 Å². The molecule has 3 heterocycles. The molecule has 25 heavy (non-hydrogen) atoms. The fraction of sp³-hybridized carbons (Fsp3) is 0.750. The number of ether oxygens (including phenoxy) is 1. The molecular weight excluding hydrogens is 316 g/mol. The standard InChI is InChI=1S/C20H30N2O3/c1-14-11-17(14)19-5-3-16(25-19)4-6-20(23)22-12-15(2)18(13-22)21-7-9-24-10-8-21/h3,5,14-15,17-18H,4,6-13H2,1-2H3/t14-,15-,17+,18+/m1/s1. The van der Waals surface area contributed by atoms with Crippen LogP contribution in [0.4, 0.5) is 0 Å². The molecule has 2 saturated heterocycles. The van der Waals surface area contributed by atoms with Gasteiger partial charge in [0.15, 0.2) is 0 Å². The number of likely N-dealkylation sites (tertiary alicyclic amines) is 1. The highest BCUT2D eigenvalue weighted by molar-refractivity contribution is 5.76. The van der Waals surface area contributed by atoms with Crippen LogP contribution in [0.15, 0.2) is 16.5 Å². The summed E-state index contributed by atoms with van der Waals surface area (Å²) in [5.41, 5.74) is 0. The van der Waals surface area contributed by atoms with Crippen molar-refractivity contribution in [1.82, 2.24) is 9.80 Å². The van der Waals surface area contributed by atoms with Crippen LogP contribution in [0, 0.1) is 11.8 Å². The Labute approximate surface area is 150 Å². The lowest BCUT2D eigenvalue weighted by Crippen LogP contribution is -2.47. The molecule has 0 radical (unpaired) electrons. The molecule has 1 amide bonds. The quantitative estimate of drug-likeness (QED) is 0.822. The van der Waals surface area contributed by atoms with E-state index in [1.165, 1.54) is 6.42 Å². The molecule has 5 heteroatoms. The van der Waals surface area contributed by atoms with Crippen molar-refractivity contribution in [2.24, 2.45) is 11.8 Å². The second-order valence-corrected chi connectivity index (χ2v) is 8.12. The minimum atomic E-state index is 0.264. The van der Waals surface area contributed by atoms with E-state index in [0.717, 1.165) is 56.8 Å². The van der Waals surface area contributed by atoms with E-state index >= 15 is 0 Å². The minimum Gasteiger partial charge on any atom is -0.466 e. The summed E-state index contributed by atoms with van der Waals surface area (Å²) in [6.07, 6.45) is 2.50. The van der Waals surface area contributed by atoms with E-state index in [4.69, 9.17) is 9.15 Å². The molecule has 5 nitrogen and oxygen atoms in total. The zero-order valence-corrected chi connectivity index (χ0v) is 15.4. The van der Waals surface area contributed by atoms with Gasteiger partial charge in [0.1, 0.15) is 11.5 Å². The highest BCUT2D eigenvalue weighted by Gasteiger charge is 2.37. The number of carbonyl (C=O) groups excluding carboxylic acids is 1. The van der Waals surface area contributed by atoms with Crippen molar-refractivity contribution in [2.75, 3.05) is 39.4 Å². The van der Waals surface area contributed by atoms with Crippen LogP contribution in [0.1, 0.15) is 44.1 Å². The molecule has 0 aromatic carbocycles. The van der Waals surface area contributed by atoms with E-state index in [-0.39, 0.29) is 5.91 Å². The van der Waals surface area contributed by atoms with Crippen LogP contribution in [-0.4, -0.2) is 61.1 Å². The average molecular weight is 346 g/mol. The van der Waals surface area contributed by atoms with E-state index in [0.29, 0.717) is 30.7 Å². The summed E-state index contributed by atoms with van der Waals surface area (Å²) in [7, 11) is 0. The molecule has 4 atom stereocenters. The summed E-state index contributed by atoms with van der Waals surface area (Å²) >= 11 is 0. The maximum atomic E-state index is 12.6. The van der Waals surface area contributed by atoms with Gasteiger partial charge in [-0.3, -0.25) is 9.69 Å². The first-order chi connectivity index (χ1) is 12.1. The highest BCUT2D eigenvalue weighted by Crippen LogP contribution is 2.47. The van der Waals surface area contributed by atoms with Crippen molar-refractivity contribution in [3.05, 3.63) is 23.7 Å². The zero-order valence-electron chi connectivity index (χ0n) is 15.4. The van der Waals surface area contributed by atoms with E-state index in [2.05, 4.69) is 35.8 Å². The smallest absolute Gasteiger partial charge is 0.223 e. The minimum absolute atomic E-state index is 0.264. The summed E-state index contributed by atoms with van der Waals surface area (Å²) in [4.78, 5) is 17.2. The van der Waals surface area contributed by atoms with Gasteiger partial charge in [0.2, 0.25) is 5.91 Å². The number of aryl methyl sites for hydroxylation is 1. The number of hydrogen-bond acceptors (Lipinski definition) is 4. The van der Waals surface area contributed by atoms with Crippen LogP contribution >= 0.6 is 0 Å². The van der Waals surface area contributed by atoms with Crippen molar-refractivity contribution >= 4 is 5.91 Å². The van der Waals surface area contributed by atoms with Crippen LogP contribution in [0.3, 0.4) is 0 Å². The molecule has 1 aliphatic carbocycles. The average Bonchev–Trinajstić information content (AvgIpc) is 3.02. The van der Waals surface area contributed by atoms with E-state index in [1.807, 2.05) is 0 Å². The Hall–Kier alpha value is -1.33. The number of amides is 1. The third-order valence-corrected chi connectivity index (χ3v) is 6.18. The van der Waals surface area contributed by atoms with Gasteiger partial charge in [-0.05, 0) is 30.4 Å². The molecule has 0 unspecified atom stereocenters. The zero-order chi connectivity index (χ0) is 17.4. The van der Waals surface area contributed by atoms with Gasteiger partial charge >= 0.3 is 0 Å². The van der Waals surface area contributed by atoms with E-state index in [1.54, 1.807) is 0 Å². The molecule has 2 aliphatic heterocycles. The third kappa shape index (κ3) is 3.77. The molecule has 4 rings (SSSR count). The van der Waals surface area contributed by atoms with E-state index in [9.17, 15) is 4.79 Å². The van der Waals surface area contributed by atoms with Gasteiger partial charge in [-0.15, -0.1) is 0 Å². The van der Waals surface area contributed by atoms with Crippen LogP contribution in [0.25, 0.3) is 0 Å². The molecule has 1 aromatic rings. The van der Waals surface area contributed by atoms with Crippen molar-refractivity contribution in [2.45, 2.75) is 45.1 Å². The summed E-state index contributed by atoms with van der Waals surface area (Å²) < 4.78 is 11.4. The van der Waals surface area contributed by atoms with Gasteiger partial charge in [-0.2, -0.15) is 0 Å². The molecule has 1 aromatic heterocycles. The lowest BCUT2D eigenvalue weighted by atomic mass is 10.0. The first-order valence-electron chi connectivity index (χ1n) is 9.80. The molecular formula is C20H30N2O3. The molecule has 3 aliphatic rings. The Morgan fingerprint density at radius 2 is 1.92 bits per heavy atom. The SMILES string of the molecule is C[C@@H]1C[C@@H]1c1ccc(CCC(=O)N2C[C@@H](C)[C@@H](N3CCOCC3)C2)o1. The van der Waals surface area contributed by atoms with Gasteiger partial charge in [-0.25, -0.2) is 0 Å². The van der Waals surface area contributed by atoms with Crippen molar-refractivity contribution < 1.29 is 13.9 Å². The molecule has 1 saturated carbocycles. The third-order valence-electron chi connectivity index (χ3n) is 6.18. The first kappa shape index (κ1) is 17.1. The number of rotatable bonds is 5. The summed E-state index contributed by atoms with van der Waals surface area (Å²) in [6.45, 7) is 9.89. The Kier molecular flexibility index (Phi) is 4.87. The van der Waals surface area contributed by atoms with Gasteiger partial charge in [0, 0.05) is 51.0 Å². The molecule has 0 spiro atoms. The fourth-order valence-corrected chi connectivity index (χ4v) is 4.37. The normalized spacial score (nSPS) is 33.0. The van der Waals surface area contributed by atoms with Gasteiger partial charge in [-0.1, -0.05) is 13.8 Å². The lowest BCUT2D eigenvalue weighted by Gasteiger charge is -2.33. The van der Waals surface area contributed by atoms with Gasteiger partial charge < -0.3 is 14.1 Å². The fourth-order valence-electron chi connectivity index (χ4n) is 4.37. The Balaban J connectivity index is 1.27. The van der Waals surface area contributed by atoms with Crippen molar-refractivity contribution in [3.8, 4) is 0 Å². The Morgan fingerprint density at radius 3 is 2.64 bits per heavy atom. The number of furan rings is 1. The van der Waals surface area contributed by atoms with Gasteiger partial charge in [0.25, 0.3) is 0 Å². The van der Waals surface area contributed by atoms with Crippen LogP contribution in [0.2, 0.25) is 0 Å². The van der Waals surface area contributed by atoms with Gasteiger partial charge in [0.05, 0.1) is 13.2 Å². The number of carbonyl (C=O) groups is 1. The maximum absolute atomic E-state index is 12.6. The molecule has 3 fully saturated rings. The topological polar surface area (TPSA) is 45.9 Å². The van der Waals surface area contributed by atoms with Crippen molar-refractivity contribution in [3.63, 3.8) is 0 Å². The van der Waals surface area contributed by atoms with Crippen LogP contribution in [0.5, 0.6) is 0 Å². The predicted molar refractivity (Wildman–Crippen MR) is 95.5 cm³/mol. The van der Waals surface area contributed by atoms with Crippen molar-refractivity contribution in [1.29, 1.82) is 0 Å². The van der Waals surface area contributed by atoms with Crippen LogP contribution in [-0.2, 0) is 16.0 Å². The lowest BCUT2D eigenvalue weighted by molar-refractivity contribution is -0.130. The number of morpholine rings is 1. The number of nitrogens with zero attached hydrogens (tertiary/aromatic N) is 2. The number of hydrogen-bond donors (Lipinski definition) is 0. The van der Waals surface area contributed by atoms with Crippen LogP contribution < -0.4 is 0 Å². The monoisotopic (exact) mass is 346 g/mol. The molecule has 0 N–H and O–H groups in total. The molecule has 138 valence electrons. The second kappa shape index (κ2) is 7.12. The summed E-state index contributed by atoms with van der Waals surface area (Å²) in [6, 6.07) is 4.64. The summed E-state index contributed by atoms with van der Waals surface area (Å²) in [5, 5.41) is 0. The Morgan fingerprint density at radius 1 is 1.16 bits per heavy atom. The highest BCUT2D eigenvalue weighted by atomic mass is 16.5. The maximum Gasteiger partial charge on any atom is 0.223 e. The predicted octanol–water partition coefficient (Wildman–Crippen LogP) is 2.51. The second-order valence-electron chi connectivity index (χ2n) is 8.12. The Bertz CT molecular complexity index is 608.